The van der Waals surface area contributed by atoms with Gasteiger partial charge in [-0.05, 0) is 66.6 Å². The van der Waals surface area contributed by atoms with Crippen molar-refractivity contribution in [2.75, 3.05) is 18.6 Å². The molecule has 3 N–H and O–H groups in total. The third kappa shape index (κ3) is 4.23. The molecule has 2 amide bonds. The number of nitrogens with two attached hydrogens (primary N) is 1. The molecule has 10 nitrogen and oxygen atoms in total. The number of hydrogen-bond donors (Lipinski definition) is 2. The Morgan fingerprint density at radius 1 is 1.16 bits per heavy atom. The first kappa shape index (κ1) is 23.7. The molecular weight excluding hydrogens is 484 g/mol. The topological polar surface area (TPSA) is 132 Å². The standard InChI is InChI=1S/C28H26N6O4/c1-33(20-8-5-16(6-9-20)11-19-15-38-28(37)31-19)27-30-13-22-24(35)23(25(29)36)14-34(26(22)32-27)21-10-7-17-3-2-4-18(17)12-21/h5-10,12-14,19H,2-4,11,15H2,1H3,(H2,29,36)(H,31,37)/t19-/m0/s1. The number of aryl methyl sites for hydroxylation is 2. The smallest absolute Gasteiger partial charge is 0.407 e. The third-order valence-electron chi connectivity index (χ3n) is 7.20. The lowest BCUT2D eigenvalue weighted by molar-refractivity contribution is 0.0999. The molecule has 0 radical (unpaired) electrons. The number of carbonyl (C=O) groups is 2. The highest BCUT2D eigenvalue weighted by Gasteiger charge is 2.23. The van der Waals surface area contributed by atoms with Gasteiger partial charge < -0.3 is 25.3 Å². The molecule has 2 aromatic heterocycles. The maximum Gasteiger partial charge on any atom is 0.407 e. The molecule has 10 heteroatoms. The zero-order chi connectivity index (χ0) is 26.4. The van der Waals surface area contributed by atoms with E-state index in [4.69, 9.17) is 15.5 Å². The van der Waals surface area contributed by atoms with E-state index >= 15 is 0 Å². The van der Waals surface area contributed by atoms with Gasteiger partial charge in [0.2, 0.25) is 11.4 Å². The Morgan fingerprint density at radius 2 is 1.95 bits per heavy atom. The third-order valence-corrected chi connectivity index (χ3v) is 7.20. The number of nitrogens with one attached hydrogen (secondary N) is 1. The minimum atomic E-state index is -0.795. The highest BCUT2D eigenvalue weighted by molar-refractivity contribution is 5.96. The number of rotatable bonds is 6. The summed E-state index contributed by atoms with van der Waals surface area (Å²) in [5.74, 6) is -0.403. The molecule has 2 aromatic carbocycles. The highest BCUT2D eigenvalue weighted by atomic mass is 16.6. The molecule has 3 heterocycles. The molecule has 1 aliphatic carbocycles. The van der Waals surface area contributed by atoms with Crippen molar-refractivity contribution in [1.82, 2.24) is 19.9 Å². The molecule has 0 unspecified atom stereocenters. The fraction of sp³-hybridized carbons (Fsp3) is 0.250. The number of aromatic nitrogens is 3. The van der Waals surface area contributed by atoms with Gasteiger partial charge in [-0.25, -0.2) is 9.78 Å². The van der Waals surface area contributed by atoms with E-state index in [1.807, 2.05) is 42.3 Å². The fourth-order valence-electron chi connectivity index (χ4n) is 5.14. The van der Waals surface area contributed by atoms with Crippen LogP contribution in [0.4, 0.5) is 16.4 Å². The van der Waals surface area contributed by atoms with Crippen molar-refractivity contribution in [2.24, 2.45) is 5.73 Å². The zero-order valence-corrected chi connectivity index (χ0v) is 20.8. The molecule has 38 heavy (non-hydrogen) atoms. The van der Waals surface area contributed by atoms with Gasteiger partial charge in [-0.15, -0.1) is 0 Å². The van der Waals surface area contributed by atoms with E-state index in [-0.39, 0.29) is 23.1 Å². The van der Waals surface area contributed by atoms with Crippen LogP contribution in [-0.2, 0) is 24.0 Å². The number of nitrogens with zero attached hydrogens (tertiary/aromatic N) is 4. The van der Waals surface area contributed by atoms with Crippen molar-refractivity contribution in [3.63, 3.8) is 0 Å². The molecule has 2 aliphatic rings. The molecule has 0 spiro atoms. The summed E-state index contributed by atoms with van der Waals surface area (Å²) in [7, 11) is 1.84. The second-order valence-corrected chi connectivity index (χ2v) is 9.69. The maximum absolute atomic E-state index is 13.0. The van der Waals surface area contributed by atoms with E-state index in [9.17, 15) is 14.4 Å². The number of primary amides is 1. The van der Waals surface area contributed by atoms with Crippen LogP contribution >= 0.6 is 0 Å². The number of alkyl carbamates (subject to hydrolysis) is 1. The van der Waals surface area contributed by atoms with Gasteiger partial charge in [0.25, 0.3) is 5.91 Å². The van der Waals surface area contributed by atoms with Crippen LogP contribution in [0, 0.1) is 0 Å². The minimum Gasteiger partial charge on any atom is -0.447 e. The van der Waals surface area contributed by atoms with Gasteiger partial charge in [-0.2, -0.15) is 4.98 Å². The average molecular weight is 511 g/mol. The molecule has 192 valence electrons. The molecule has 4 aromatic rings. The Balaban J connectivity index is 1.38. The summed E-state index contributed by atoms with van der Waals surface area (Å²) in [6.07, 6.45) is 6.34. The predicted molar refractivity (Wildman–Crippen MR) is 142 cm³/mol. The van der Waals surface area contributed by atoms with Crippen molar-refractivity contribution in [3.8, 4) is 5.69 Å². The number of carbonyl (C=O) groups excluding carboxylic acids is 2. The molecule has 1 aliphatic heterocycles. The number of benzene rings is 2. The lowest BCUT2D eigenvalue weighted by Gasteiger charge is -2.19. The van der Waals surface area contributed by atoms with E-state index in [0.717, 1.165) is 36.2 Å². The van der Waals surface area contributed by atoms with Crippen molar-refractivity contribution in [3.05, 3.63) is 87.3 Å². The summed E-state index contributed by atoms with van der Waals surface area (Å²) < 4.78 is 6.71. The van der Waals surface area contributed by atoms with Crippen molar-refractivity contribution >= 4 is 34.7 Å². The summed E-state index contributed by atoms with van der Waals surface area (Å²) in [5, 5.41) is 3.00. The van der Waals surface area contributed by atoms with Gasteiger partial charge in [0.15, 0.2) is 5.65 Å². The van der Waals surface area contributed by atoms with Gasteiger partial charge in [-0.3, -0.25) is 9.59 Å². The number of amides is 2. The first-order valence-electron chi connectivity index (χ1n) is 12.5. The lowest BCUT2D eigenvalue weighted by atomic mass is 10.1. The first-order valence-corrected chi connectivity index (χ1v) is 12.5. The number of hydrogen-bond acceptors (Lipinski definition) is 7. The second kappa shape index (κ2) is 9.29. The molecule has 0 bridgehead atoms. The normalized spacial score (nSPS) is 16.2. The minimum absolute atomic E-state index is 0.0452. The molecule has 1 saturated heterocycles. The summed E-state index contributed by atoms with van der Waals surface area (Å²) in [6, 6.07) is 14.0. The highest BCUT2D eigenvalue weighted by Crippen LogP contribution is 2.27. The van der Waals surface area contributed by atoms with Crippen LogP contribution in [0.25, 0.3) is 16.7 Å². The number of fused-ring (bicyclic) bond motifs is 2. The lowest BCUT2D eigenvalue weighted by Crippen LogP contribution is -2.28. The van der Waals surface area contributed by atoms with Gasteiger partial charge in [0.05, 0.1) is 11.4 Å². The first-order chi connectivity index (χ1) is 18.4. The number of ether oxygens (including phenoxy) is 1. The summed E-state index contributed by atoms with van der Waals surface area (Å²) >= 11 is 0. The van der Waals surface area contributed by atoms with Crippen molar-refractivity contribution < 1.29 is 14.3 Å². The van der Waals surface area contributed by atoms with Gasteiger partial charge in [0.1, 0.15) is 12.2 Å². The Labute approximate surface area is 218 Å². The largest absolute Gasteiger partial charge is 0.447 e. The summed E-state index contributed by atoms with van der Waals surface area (Å²) in [6.45, 7) is 0.356. The predicted octanol–water partition coefficient (Wildman–Crippen LogP) is 2.79. The van der Waals surface area contributed by atoms with Crippen LogP contribution in [0.15, 0.2) is 59.7 Å². The van der Waals surface area contributed by atoms with E-state index in [2.05, 4.69) is 22.4 Å². The number of pyridine rings is 1. The second-order valence-electron chi connectivity index (χ2n) is 9.69. The summed E-state index contributed by atoms with van der Waals surface area (Å²) in [4.78, 5) is 47.4. The molecule has 0 saturated carbocycles. The van der Waals surface area contributed by atoms with Crippen LogP contribution in [0.3, 0.4) is 0 Å². The Bertz CT molecular complexity index is 1650. The van der Waals surface area contributed by atoms with Gasteiger partial charge in [0, 0.05) is 30.8 Å². The monoisotopic (exact) mass is 510 g/mol. The van der Waals surface area contributed by atoms with Crippen molar-refractivity contribution in [1.29, 1.82) is 0 Å². The van der Waals surface area contributed by atoms with Crippen LogP contribution in [0.5, 0.6) is 0 Å². The Morgan fingerprint density at radius 3 is 2.68 bits per heavy atom. The van der Waals surface area contributed by atoms with E-state index in [0.29, 0.717) is 24.6 Å². The quantitative estimate of drug-likeness (QED) is 0.408. The van der Waals surface area contributed by atoms with E-state index in [1.54, 1.807) is 4.57 Å². The molecule has 1 fully saturated rings. The van der Waals surface area contributed by atoms with E-state index < -0.39 is 11.3 Å². The molecule has 1 atom stereocenters. The van der Waals surface area contributed by atoms with Crippen LogP contribution in [0.1, 0.15) is 33.5 Å². The van der Waals surface area contributed by atoms with Crippen LogP contribution in [-0.4, -0.2) is 46.2 Å². The number of cyclic esters (lactones) is 1. The fourth-order valence-corrected chi connectivity index (χ4v) is 5.14. The van der Waals surface area contributed by atoms with Crippen LogP contribution < -0.4 is 21.4 Å². The number of anilines is 2. The van der Waals surface area contributed by atoms with Crippen molar-refractivity contribution in [2.45, 2.75) is 31.7 Å². The van der Waals surface area contributed by atoms with Gasteiger partial charge in [-0.1, -0.05) is 18.2 Å². The zero-order valence-electron chi connectivity index (χ0n) is 20.8. The Hall–Kier alpha value is -4.73. The molecular formula is C28H26N6O4. The van der Waals surface area contributed by atoms with E-state index in [1.165, 1.54) is 23.5 Å². The SMILES string of the molecule is CN(c1ccc(C[C@H]2COC(=O)N2)cc1)c1ncc2c(=O)c(C(N)=O)cn(-c3ccc4c(c3)CCC4)c2n1. The molecule has 6 rings (SSSR count). The maximum atomic E-state index is 13.0. The summed E-state index contributed by atoms with van der Waals surface area (Å²) in [5.41, 5.74) is 10.6. The average Bonchev–Trinajstić information content (AvgIpc) is 3.56. The van der Waals surface area contributed by atoms with Crippen LogP contribution in [0.2, 0.25) is 0 Å². The van der Waals surface area contributed by atoms with Gasteiger partial charge >= 0.3 is 6.09 Å². The Kier molecular flexibility index (Phi) is 5.79.